The van der Waals surface area contributed by atoms with Crippen LogP contribution in [0.5, 0.6) is 6.01 Å². The van der Waals surface area contributed by atoms with Crippen LogP contribution in [0.25, 0.3) is 0 Å². The van der Waals surface area contributed by atoms with E-state index in [2.05, 4.69) is 32.1 Å². The first-order valence-corrected chi connectivity index (χ1v) is 6.49. The molecule has 2 rings (SSSR count). The second-order valence-corrected chi connectivity index (χ2v) is 4.59. The Morgan fingerprint density at radius 2 is 2.06 bits per heavy atom. The maximum absolute atomic E-state index is 5.13. The molecule has 0 saturated carbocycles. The third-order valence-corrected chi connectivity index (χ3v) is 3.32. The number of hydrogen-bond donors (Lipinski definition) is 1. The molecule has 1 N–H and O–H groups in total. The molecule has 0 spiro atoms. The zero-order valence-electron chi connectivity index (χ0n) is 11.3. The Bertz CT molecular complexity index is 376. The Balaban J connectivity index is 2.29. The summed E-state index contributed by atoms with van der Waals surface area (Å²) in [7, 11) is 3.37. The molecule has 6 heteroatoms. The number of nitrogens with one attached hydrogen (secondary N) is 1. The average molecular weight is 251 g/mol. The Hall–Kier alpha value is -1.59. The Morgan fingerprint density at radius 1 is 1.22 bits per heavy atom. The lowest BCUT2D eigenvalue weighted by Crippen LogP contribution is -2.34. The summed E-state index contributed by atoms with van der Waals surface area (Å²) in [5.41, 5.74) is 0. The zero-order chi connectivity index (χ0) is 13.0. The van der Waals surface area contributed by atoms with Crippen molar-refractivity contribution in [1.82, 2.24) is 15.0 Å². The normalized spacial score (nSPS) is 20.4. The molecule has 1 unspecified atom stereocenters. The second kappa shape index (κ2) is 5.84. The summed E-state index contributed by atoms with van der Waals surface area (Å²) in [5, 5.41) is 2.94. The van der Waals surface area contributed by atoms with E-state index in [0.717, 1.165) is 6.54 Å². The fourth-order valence-corrected chi connectivity index (χ4v) is 2.25. The number of hydrogen-bond acceptors (Lipinski definition) is 6. The van der Waals surface area contributed by atoms with Gasteiger partial charge in [0, 0.05) is 19.6 Å². The molecule has 1 fully saturated rings. The van der Waals surface area contributed by atoms with E-state index >= 15 is 0 Å². The fraction of sp³-hybridized carbons (Fsp3) is 0.750. The minimum atomic E-state index is 0.362. The van der Waals surface area contributed by atoms with E-state index < -0.39 is 0 Å². The van der Waals surface area contributed by atoms with Crippen molar-refractivity contribution >= 4 is 11.9 Å². The van der Waals surface area contributed by atoms with Gasteiger partial charge in [-0.15, -0.1) is 0 Å². The van der Waals surface area contributed by atoms with E-state index in [9.17, 15) is 0 Å². The maximum Gasteiger partial charge on any atom is 0.322 e. The van der Waals surface area contributed by atoms with Gasteiger partial charge in [0.15, 0.2) is 0 Å². The van der Waals surface area contributed by atoms with Gasteiger partial charge in [0.05, 0.1) is 7.11 Å². The van der Waals surface area contributed by atoms with Crippen LogP contribution < -0.4 is 15.0 Å². The molecule has 2 heterocycles. The summed E-state index contributed by atoms with van der Waals surface area (Å²) >= 11 is 0. The molecular formula is C12H21N5O. The smallest absolute Gasteiger partial charge is 0.322 e. The molecule has 1 aliphatic rings. The Labute approximate surface area is 108 Å². The third kappa shape index (κ3) is 2.80. The van der Waals surface area contributed by atoms with Crippen LogP contribution in [0.4, 0.5) is 11.9 Å². The van der Waals surface area contributed by atoms with Crippen LogP contribution in [0, 0.1) is 0 Å². The molecule has 0 bridgehead atoms. The SMILES string of the molecule is CNc1nc(OC)nc(N2CCCCCC2C)n1. The molecular weight excluding hydrogens is 230 g/mol. The molecule has 1 saturated heterocycles. The number of nitrogens with zero attached hydrogens (tertiary/aromatic N) is 4. The molecule has 1 atom stereocenters. The van der Waals surface area contributed by atoms with Crippen molar-refractivity contribution in [3.63, 3.8) is 0 Å². The first-order chi connectivity index (χ1) is 8.74. The van der Waals surface area contributed by atoms with Crippen LogP contribution in [-0.2, 0) is 0 Å². The lowest BCUT2D eigenvalue weighted by Gasteiger charge is -2.27. The van der Waals surface area contributed by atoms with Crippen LogP contribution in [0.3, 0.4) is 0 Å². The quantitative estimate of drug-likeness (QED) is 0.882. The summed E-state index contributed by atoms with van der Waals surface area (Å²) in [6.07, 6.45) is 4.93. The van der Waals surface area contributed by atoms with E-state index in [4.69, 9.17) is 4.74 Å². The van der Waals surface area contributed by atoms with Crippen molar-refractivity contribution in [2.45, 2.75) is 38.6 Å². The van der Waals surface area contributed by atoms with Gasteiger partial charge >= 0.3 is 6.01 Å². The van der Waals surface area contributed by atoms with Gasteiger partial charge in [0.2, 0.25) is 11.9 Å². The monoisotopic (exact) mass is 251 g/mol. The largest absolute Gasteiger partial charge is 0.467 e. The molecule has 1 aromatic heterocycles. The highest BCUT2D eigenvalue weighted by atomic mass is 16.5. The molecule has 100 valence electrons. The van der Waals surface area contributed by atoms with E-state index in [0.29, 0.717) is 23.9 Å². The van der Waals surface area contributed by atoms with Crippen LogP contribution in [0.2, 0.25) is 0 Å². The molecule has 0 amide bonds. The molecule has 6 nitrogen and oxygen atoms in total. The lowest BCUT2D eigenvalue weighted by molar-refractivity contribution is 0.378. The van der Waals surface area contributed by atoms with Crippen LogP contribution in [0.15, 0.2) is 0 Å². The Kier molecular flexibility index (Phi) is 4.17. The summed E-state index contributed by atoms with van der Waals surface area (Å²) < 4.78 is 5.13. The van der Waals surface area contributed by atoms with Crippen molar-refractivity contribution in [3.05, 3.63) is 0 Å². The van der Waals surface area contributed by atoms with Crippen molar-refractivity contribution in [2.24, 2.45) is 0 Å². The van der Waals surface area contributed by atoms with Gasteiger partial charge in [-0.05, 0) is 19.8 Å². The van der Waals surface area contributed by atoms with Gasteiger partial charge in [-0.25, -0.2) is 0 Å². The van der Waals surface area contributed by atoms with Gasteiger partial charge in [0.1, 0.15) is 0 Å². The van der Waals surface area contributed by atoms with Gasteiger partial charge in [0.25, 0.3) is 0 Å². The van der Waals surface area contributed by atoms with Crippen LogP contribution >= 0.6 is 0 Å². The first-order valence-electron chi connectivity index (χ1n) is 6.49. The number of rotatable bonds is 3. The molecule has 1 aromatic rings. The number of ether oxygens (including phenoxy) is 1. The molecule has 0 aliphatic carbocycles. The fourth-order valence-electron chi connectivity index (χ4n) is 2.25. The van der Waals surface area contributed by atoms with Gasteiger partial charge in [-0.1, -0.05) is 12.8 Å². The first kappa shape index (κ1) is 12.9. The minimum Gasteiger partial charge on any atom is -0.467 e. The highest BCUT2D eigenvalue weighted by Crippen LogP contribution is 2.22. The summed E-state index contributed by atoms with van der Waals surface area (Å²) in [5.74, 6) is 1.26. The lowest BCUT2D eigenvalue weighted by atomic mass is 10.1. The highest BCUT2D eigenvalue weighted by Gasteiger charge is 2.21. The summed E-state index contributed by atoms with van der Waals surface area (Å²) in [6, 6.07) is 0.824. The van der Waals surface area contributed by atoms with E-state index in [1.807, 2.05) is 0 Å². The highest BCUT2D eigenvalue weighted by molar-refractivity contribution is 5.39. The summed E-state index contributed by atoms with van der Waals surface area (Å²) in [4.78, 5) is 15.2. The van der Waals surface area contributed by atoms with E-state index in [1.54, 1.807) is 14.2 Å². The van der Waals surface area contributed by atoms with Gasteiger partial charge in [-0.2, -0.15) is 15.0 Å². The predicted molar refractivity (Wildman–Crippen MR) is 71.2 cm³/mol. The van der Waals surface area contributed by atoms with Gasteiger partial charge in [-0.3, -0.25) is 0 Å². The van der Waals surface area contributed by atoms with Crippen molar-refractivity contribution < 1.29 is 4.74 Å². The number of aromatic nitrogens is 3. The van der Waals surface area contributed by atoms with Crippen molar-refractivity contribution in [1.29, 1.82) is 0 Å². The van der Waals surface area contributed by atoms with Gasteiger partial charge < -0.3 is 15.0 Å². The van der Waals surface area contributed by atoms with Crippen molar-refractivity contribution in [3.8, 4) is 6.01 Å². The zero-order valence-corrected chi connectivity index (χ0v) is 11.3. The maximum atomic E-state index is 5.13. The molecule has 0 aromatic carbocycles. The minimum absolute atomic E-state index is 0.362. The van der Waals surface area contributed by atoms with E-state index in [-0.39, 0.29) is 0 Å². The third-order valence-electron chi connectivity index (χ3n) is 3.32. The topological polar surface area (TPSA) is 63.2 Å². The molecule has 1 aliphatic heterocycles. The van der Waals surface area contributed by atoms with Crippen LogP contribution in [0.1, 0.15) is 32.6 Å². The number of anilines is 2. The van der Waals surface area contributed by atoms with E-state index in [1.165, 1.54) is 25.7 Å². The van der Waals surface area contributed by atoms with Crippen molar-refractivity contribution in [2.75, 3.05) is 30.9 Å². The second-order valence-electron chi connectivity index (χ2n) is 4.59. The average Bonchev–Trinajstić information content (AvgIpc) is 2.62. The predicted octanol–water partition coefficient (Wildman–Crippen LogP) is 1.69. The number of methoxy groups -OCH3 is 1. The standard InChI is InChI=1S/C12H21N5O/c1-9-7-5-4-6-8-17(9)11-14-10(13-2)15-12(16-11)18-3/h9H,4-8H2,1-3H3,(H,13,14,15,16). The molecule has 18 heavy (non-hydrogen) atoms. The molecule has 0 radical (unpaired) electrons. The van der Waals surface area contributed by atoms with Crippen LogP contribution in [-0.4, -0.2) is 41.7 Å². The summed E-state index contributed by atoms with van der Waals surface area (Å²) in [6.45, 7) is 3.22. The Morgan fingerprint density at radius 3 is 2.78 bits per heavy atom.